The van der Waals surface area contributed by atoms with Crippen molar-refractivity contribution < 1.29 is 82.4 Å². The Kier molecular flexibility index (Phi) is 47.9. The third-order valence-corrected chi connectivity index (χ3v) is 17.1. The first kappa shape index (κ1) is 103. The minimum atomic E-state index is -1.13. The number of hydrogen-bond acceptors (Lipinski definition) is 16. The summed E-state index contributed by atoms with van der Waals surface area (Å²) in [5.41, 5.74) is 2.63. The fourth-order valence-corrected chi connectivity index (χ4v) is 11.0. The summed E-state index contributed by atoms with van der Waals surface area (Å²) in [5, 5.41) is 54.6. The second-order valence-electron chi connectivity index (χ2n) is 33.6. The molecule has 0 radical (unpaired) electrons. The van der Waals surface area contributed by atoms with Crippen LogP contribution in [0.15, 0.2) is 0 Å². The van der Waals surface area contributed by atoms with Gasteiger partial charge in [0.1, 0.15) is 53.9 Å². The highest BCUT2D eigenvalue weighted by atomic mass is 16.6. The van der Waals surface area contributed by atoms with E-state index in [2.05, 4.69) is 112 Å². The largest absolute Gasteiger partial charge is 0.444 e. The van der Waals surface area contributed by atoms with E-state index >= 15 is 0 Å². The van der Waals surface area contributed by atoms with Crippen molar-refractivity contribution in [3.8, 4) is 0 Å². The number of alkyl carbamates (subject to hydrolysis) is 1. The molecule has 37 heteroatoms. The molecule has 23 N–H and O–H groups in total. The molecule has 0 saturated carbocycles. The molecule has 0 heterocycles. The van der Waals surface area contributed by atoms with E-state index in [9.17, 15) is 71.9 Å². The zero-order valence-electron chi connectivity index (χ0n) is 71.4. The van der Waals surface area contributed by atoms with Crippen molar-refractivity contribution in [3.63, 3.8) is 0 Å². The molecule has 0 saturated heterocycles. The molecule has 21 amide bonds. The van der Waals surface area contributed by atoms with Crippen LogP contribution in [0.1, 0.15) is 212 Å². The van der Waals surface area contributed by atoms with E-state index in [4.69, 9.17) is 4.74 Å². The smallest absolute Gasteiger partial charge is 0.408 e. The standard InChI is InChI=1S/C75H143N21O16/c1-38(2)26-52(34-79-70(107)87-50(21)63(100)92-55(29-41(7)8)65(102)85-48(19)61(98)91-54(60(76)97)28-40(5)6)89-71(108)77-33-47(18)84-69(106)82-37-59(45(15)16)96-73(110)80-35-53(27-39(3)4)90-72(109)78-32-46(17)83-68(105)81-36-58(44(13)14)95-67(104)57(31-43(11)12)94-62(99)49(20)86-66(103)56(30-42(9)10)93-64(101)51(22)88-74(111)112-75(23,24)25/h38-59H,26-37H2,1-25H3,(H2,76,97)(H,85,102)(H,86,103)(H,88,111)(H,91,98)(H,92,100)(H,93,101)(H,94,99)(H,95,104)(H2,77,89,108)(H2,78,90,109)(H2,79,87,107)(H2,80,96,110)(H2,81,83,105)(H2,82,84,106)/p+1. The molecule has 0 aliphatic carbocycles. The molecule has 0 aromatic rings. The lowest BCUT2D eigenvalue weighted by molar-refractivity contribution is -0.308. The van der Waals surface area contributed by atoms with Crippen LogP contribution in [-0.4, -0.2) is 219 Å². The van der Waals surface area contributed by atoms with Crippen LogP contribution in [-0.2, 0) is 43.1 Å². The molecule has 0 bridgehead atoms. The van der Waals surface area contributed by atoms with Gasteiger partial charge in [0.05, 0.1) is 6.04 Å². The molecule has 0 aliphatic heterocycles. The third-order valence-electron chi connectivity index (χ3n) is 17.1. The van der Waals surface area contributed by atoms with Gasteiger partial charge in [-0.05, 0) is 148 Å². The van der Waals surface area contributed by atoms with Crippen LogP contribution in [0.25, 0.3) is 0 Å². The van der Waals surface area contributed by atoms with Gasteiger partial charge in [-0.15, -0.1) is 0 Å². The summed E-state index contributed by atoms with van der Waals surface area (Å²) >= 11 is 0. The minimum Gasteiger partial charge on any atom is -0.444 e. The highest BCUT2D eigenvalue weighted by molar-refractivity contribution is 5.96. The minimum absolute atomic E-state index is 0.00432. The quantitative estimate of drug-likeness (QED) is 0.0413. The second kappa shape index (κ2) is 52.2. The van der Waals surface area contributed by atoms with Crippen LogP contribution in [0.4, 0.5) is 33.6 Å². The summed E-state index contributed by atoms with van der Waals surface area (Å²) in [5.74, 6) is -4.99. The van der Waals surface area contributed by atoms with Crippen LogP contribution in [0.3, 0.4) is 0 Å². The lowest BCUT2D eigenvalue weighted by atomic mass is 10.00. The normalized spacial score (nSPS) is 15.3. The summed E-state index contributed by atoms with van der Waals surface area (Å²) in [6.07, 6.45) is 1.17. The molecule has 0 aromatic heterocycles. The molecule has 37 nitrogen and oxygen atoms in total. The zero-order chi connectivity index (χ0) is 86.2. The van der Waals surface area contributed by atoms with Crippen molar-refractivity contribution in [2.24, 2.45) is 47.3 Å². The number of quaternary nitrogens is 1. The monoisotopic (exact) mass is 1600 g/mol. The Morgan fingerprint density at radius 3 is 0.848 bits per heavy atom. The first-order chi connectivity index (χ1) is 51.8. The SMILES string of the molecule is CC(C)CC(CNC(=O)NC(C)C(=O)NC(CC(C)C)C(=O)NC(C)C(=O)NC(CC(C)C)C([NH3+])=O)NC(=O)NCC(C)NC(=O)NCC(NC(=O)NCC(CC(C)C)NC(=O)NCC(C)NC(=O)NCC(NC(=O)C(CC(C)C)NC(=O)C(C)NC(=O)C(CC(C)C)NC(=O)C(C)NC(=O)OC(C)(C)C)C(C)C)C(C)C. The maximum absolute atomic E-state index is 13.9. The van der Waals surface area contributed by atoms with Crippen molar-refractivity contribution in [1.29, 1.82) is 0 Å². The lowest BCUT2D eigenvalue weighted by Crippen LogP contribution is -2.67. The van der Waals surface area contributed by atoms with E-state index in [1.165, 1.54) is 27.7 Å². The van der Waals surface area contributed by atoms with Crippen LogP contribution in [0, 0.1) is 47.3 Å². The third kappa shape index (κ3) is 47.2. The average molecular weight is 1600 g/mol. The van der Waals surface area contributed by atoms with Gasteiger partial charge in [0.25, 0.3) is 0 Å². The summed E-state index contributed by atoms with van der Waals surface area (Å²) < 4.78 is 5.24. The molecule has 14 atom stereocenters. The molecule has 112 heavy (non-hydrogen) atoms. The number of ether oxygens (including phenoxy) is 1. The molecule has 0 aromatic carbocycles. The van der Waals surface area contributed by atoms with Crippen LogP contribution in [0.5, 0.6) is 0 Å². The summed E-state index contributed by atoms with van der Waals surface area (Å²) in [6.45, 7) is 44.4. The Morgan fingerprint density at radius 2 is 0.527 bits per heavy atom. The Morgan fingerprint density at radius 1 is 0.268 bits per heavy atom. The Labute approximate surface area is 664 Å². The van der Waals surface area contributed by atoms with Gasteiger partial charge >= 0.3 is 48.2 Å². The van der Waals surface area contributed by atoms with Crippen molar-refractivity contribution in [1.82, 2.24) is 106 Å². The predicted octanol–water partition coefficient (Wildman–Crippen LogP) is 1.76. The maximum atomic E-state index is 13.9. The number of hydrogen-bond donors (Lipinski definition) is 21. The van der Waals surface area contributed by atoms with Crippen LogP contribution >= 0.6 is 0 Å². The number of urea groups is 6. The topological polar surface area (TPSA) is 534 Å². The fraction of sp³-hybridized carbons (Fsp3) is 0.800. The van der Waals surface area contributed by atoms with Gasteiger partial charge in [-0.3, -0.25) is 39.3 Å². The highest BCUT2D eigenvalue weighted by Gasteiger charge is 2.34. The number of nitrogens with one attached hydrogen (secondary N) is 20. The number of carbonyl (C=O) groups is 15. The molecule has 0 fully saturated rings. The van der Waals surface area contributed by atoms with Crippen molar-refractivity contribution in [2.75, 3.05) is 39.3 Å². The van der Waals surface area contributed by atoms with Gasteiger partial charge in [-0.2, -0.15) is 0 Å². The second-order valence-corrected chi connectivity index (χ2v) is 33.6. The van der Waals surface area contributed by atoms with Gasteiger partial charge in [0.2, 0.25) is 41.4 Å². The lowest BCUT2D eigenvalue weighted by Gasteiger charge is -2.28. The number of amides is 21. The van der Waals surface area contributed by atoms with Gasteiger partial charge in [-0.25, -0.2) is 38.4 Å². The van der Waals surface area contributed by atoms with E-state index in [1.807, 2.05) is 111 Å². The Hall–Kier alpha value is -9.19. The molecule has 0 rings (SSSR count). The van der Waals surface area contributed by atoms with Crippen molar-refractivity contribution in [2.45, 2.75) is 302 Å². The van der Waals surface area contributed by atoms with E-state index in [0.29, 0.717) is 19.3 Å². The molecule has 14 unspecified atom stereocenters. The van der Waals surface area contributed by atoms with Crippen molar-refractivity contribution in [3.05, 3.63) is 0 Å². The maximum Gasteiger partial charge on any atom is 0.408 e. The van der Waals surface area contributed by atoms with Gasteiger partial charge in [0, 0.05) is 69.5 Å². The average Bonchev–Trinajstić information content (AvgIpc) is 0.870. The van der Waals surface area contributed by atoms with Gasteiger partial charge in [0.15, 0.2) is 0 Å². The molecule has 0 aliphatic rings. The highest BCUT2D eigenvalue weighted by Crippen LogP contribution is 2.14. The van der Waals surface area contributed by atoms with Gasteiger partial charge < -0.3 is 111 Å². The summed E-state index contributed by atoms with van der Waals surface area (Å²) in [7, 11) is 0. The Balaban J connectivity index is 5.38. The molecule has 0 spiro atoms. The van der Waals surface area contributed by atoms with E-state index in [-0.39, 0.29) is 106 Å². The summed E-state index contributed by atoms with van der Waals surface area (Å²) in [6, 6.07) is -15.2. The summed E-state index contributed by atoms with van der Waals surface area (Å²) in [4.78, 5) is 197. The Bertz CT molecular complexity index is 3020. The predicted molar refractivity (Wildman–Crippen MR) is 427 cm³/mol. The van der Waals surface area contributed by atoms with Crippen LogP contribution < -0.4 is 112 Å². The first-order valence-corrected chi connectivity index (χ1v) is 39.5. The molecule has 644 valence electrons. The van der Waals surface area contributed by atoms with E-state index in [0.717, 1.165) is 0 Å². The number of carbonyl (C=O) groups excluding carboxylic acids is 15. The number of rotatable bonds is 48. The van der Waals surface area contributed by atoms with Crippen LogP contribution in [0.2, 0.25) is 0 Å². The van der Waals surface area contributed by atoms with E-state index in [1.54, 1.807) is 34.6 Å². The first-order valence-electron chi connectivity index (χ1n) is 39.5. The zero-order valence-corrected chi connectivity index (χ0v) is 71.4. The molecular formula is C75H144N21O16+. The van der Waals surface area contributed by atoms with Crippen molar-refractivity contribution >= 4 is 89.5 Å². The fourth-order valence-electron chi connectivity index (χ4n) is 11.0. The van der Waals surface area contributed by atoms with E-state index < -0.39 is 180 Å². The van der Waals surface area contributed by atoms with Gasteiger partial charge in [-0.1, -0.05) is 111 Å². The molecular weight excluding hydrogens is 1450 g/mol.